The fourth-order valence-electron chi connectivity index (χ4n) is 5.48. The molecule has 0 spiro atoms. The van der Waals surface area contributed by atoms with E-state index in [-0.39, 0.29) is 49.2 Å². The van der Waals surface area contributed by atoms with Gasteiger partial charge in [-0.15, -0.1) is 0 Å². The topological polar surface area (TPSA) is 110 Å². The molecule has 2 amide bonds. The minimum absolute atomic E-state index is 0.0513. The molecule has 0 unspecified atom stereocenters. The first-order valence-electron chi connectivity index (χ1n) is 14.0. The molecular formula is C30H39N3O7. The van der Waals surface area contributed by atoms with Crippen LogP contribution >= 0.6 is 0 Å². The van der Waals surface area contributed by atoms with Gasteiger partial charge >= 0.3 is 0 Å². The van der Waals surface area contributed by atoms with Crippen LogP contribution in [0.1, 0.15) is 42.6 Å². The molecule has 3 heterocycles. The van der Waals surface area contributed by atoms with E-state index in [1.165, 1.54) is 0 Å². The number of hydrogen-bond donors (Lipinski definition) is 2. The number of nitrogens with one attached hydrogen (secondary N) is 1. The molecule has 3 aliphatic rings. The van der Waals surface area contributed by atoms with Crippen molar-refractivity contribution < 1.29 is 33.6 Å². The van der Waals surface area contributed by atoms with E-state index in [1.54, 1.807) is 23.1 Å². The summed E-state index contributed by atoms with van der Waals surface area (Å²) in [5.74, 6) is 1.34. The van der Waals surface area contributed by atoms with Crippen molar-refractivity contribution in [1.82, 2.24) is 9.80 Å². The predicted octanol–water partition coefficient (Wildman–Crippen LogP) is 3.13. The Balaban J connectivity index is 1.40. The summed E-state index contributed by atoms with van der Waals surface area (Å²) in [6.07, 6.45) is 1.03. The summed E-state index contributed by atoms with van der Waals surface area (Å²) in [6.45, 7) is 6.76. The predicted molar refractivity (Wildman–Crippen MR) is 149 cm³/mol. The average molecular weight is 554 g/mol. The summed E-state index contributed by atoms with van der Waals surface area (Å²) in [5.41, 5.74) is 1.94. The van der Waals surface area contributed by atoms with Gasteiger partial charge in [-0.3, -0.25) is 14.5 Å². The number of likely N-dealkylation sites (N-methyl/N-ethyl adjacent to an activating group) is 1. The summed E-state index contributed by atoms with van der Waals surface area (Å²) in [6, 6.07) is 10.8. The highest BCUT2D eigenvalue weighted by Crippen LogP contribution is 2.36. The van der Waals surface area contributed by atoms with Gasteiger partial charge in [0, 0.05) is 44.7 Å². The molecule has 3 aliphatic heterocycles. The number of hydrogen-bond acceptors (Lipinski definition) is 8. The van der Waals surface area contributed by atoms with Crippen LogP contribution in [0.3, 0.4) is 0 Å². The molecule has 3 atom stereocenters. The molecule has 0 saturated carbocycles. The van der Waals surface area contributed by atoms with E-state index in [0.29, 0.717) is 62.7 Å². The SMILES string of the molecule is C[C@@H]1CN([C@H](C)CO)C(=O)c2cccc(NC(=O)C3CCOCC3)c2O[C@@H]1CN(C)Cc1ccc2c(c1)OCO2. The van der Waals surface area contributed by atoms with Gasteiger partial charge in [-0.25, -0.2) is 0 Å². The number of carbonyl (C=O) groups excluding carboxylic acids is 2. The molecular weight excluding hydrogens is 514 g/mol. The van der Waals surface area contributed by atoms with Crippen LogP contribution in [0.4, 0.5) is 5.69 Å². The maximum Gasteiger partial charge on any atom is 0.258 e. The van der Waals surface area contributed by atoms with Crippen LogP contribution in [-0.2, 0) is 16.1 Å². The van der Waals surface area contributed by atoms with Gasteiger partial charge in [-0.1, -0.05) is 19.1 Å². The molecule has 5 rings (SSSR count). The second-order valence-corrected chi connectivity index (χ2v) is 11.1. The first-order valence-corrected chi connectivity index (χ1v) is 14.0. The Morgan fingerprint density at radius 2 is 1.95 bits per heavy atom. The fraction of sp³-hybridized carbons (Fsp3) is 0.533. The summed E-state index contributed by atoms with van der Waals surface area (Å²) in [5, 5.41) is 13.0. The number of fused-ring (bicyclic) bond motifs is 2. The summed E-state index contributed by atoms with van der Waals surface area (Å²) in [4.78, 5) is 30.7. The number of aliphatic hydroxyl groups excluding tert-OH is 1. The van der Waals surface area contributed by atoms with E-state index < -0.39 is 0 Å². The first-order chi connectivity index (χ1) is 19.3. The standard InChI is InChI=1S/C30H39N3O7/c1-19-14-33(20(2)17-34)30(36)23-5-4-6-24(31-29(35)22-9-11-37-12-10-22)28(23)40-27(19)16-32(3)15-21-7-8-25-26(13-21)39-18-38-25/h4-8,13,19-20,22,27,34H,9-12,14-18H2,1-3H3,(H,31,35)/t19-,20-,27-/m1/s1. The molecule has 2 aromatic rings. The quantitative estimate of drug-likeness (QED) is 0.513. The molecule has 0 bridgehead atoms. The number of para-hydroxylation sites is 1. The maximum absolute atomic E-state index is 13.7. The molecule has 2 aromatic carbocycles. The monoisotopic (exact) mass is 553 g/mol. The van der Waals surface area contributed by atoms with Crippen molar-refractivity contribution >= 4 is 17.5 Å². The van der Waals surface area contributed by atoms with Gasteiger partial charge in [0.05, 0.1) is 23.9 Å². The molecule has 0 radical (unpaired) electrons. The molecule has 216 valence electrons. The Bertz CT molecular complexity index is 1220. The molecule has 10 heteroatoms. The summed E-state index contributed by atoms with van der Waals surface area (Å²) in [7, 11) is 2.03. The third-order valence-electron chi connectivity index (χ3n) is 7.92. The number of anilines is 1. The van der Waals surface area contributed by atoms with Crippen LogP contribution in [0.2, 0.25) is 0 Å². The highest BCUT2D eigenvalue weighted by molar-refractivity contribution is 6.02. The van der Waals surface area contributed by atoms with Crippen molar-refractivity contribution in [2.45, 2.75) is 45.4 Å². The van der Waals surface area contributed by atoms with Gasteiger partial charge in [-0.2, -0.15) is 0 Å². The minimum atomic E-state index is -0.367. The Kier molecular flexibility index (Phi) is 8.78. The van der Waals surface area contributed by atoms with E-state index in [1.807, 2.05) is 32.2 Å². The lowest BCUT2D eigenvalue weighted by Gasteiger charge is -2.38. The van der Waals surface area contributed by atoms with Crippen LogP contribution in [0.15, 0.2) is 36.4 Å². The van der Waals surface area contributed by atoms with E-state index >= 15 is 0 Å². The van der Waals surface area contributed by atoms with Crippen LogP contribution < -0.4 is 19.5 Å². The average Bonchev–Trinajstić information content (AvgIpc) is 3.43. The minimum Gasteiger partial charge on any atom is -0.486 e. The number of carbonyl (C=O) groups is 2. The molecule has 10 nitrogen and oxygen atoms in total. The first kappa shape index (κ1) is 28.2. The molecule has 0 aromatic heterocycles. The molecule has 40 heavy (non-hydrogen) atoms. The highest BCUT2D eigenvalue weighted by Gasteiger charge is 2.35. The maximum atomic E-state index is 13.7. The normalized spacial score (nSPS) is 21.8. The largest absolute Gasteiger partial charge is 0.486 e. The van der Waals surface area contributed by atoms with Gasteiger partial charge in [0.25, 0.3) is 5.91 Å². The fourth-order valence-corrected chi connectivity index (χ4v) is 5.48. The van der Waals surface area contributed by atoms with Crippen molar-refractivity contribution in [2.24, 2.45) is 11.8 Å². The lowest BCUT2D eigenvalue weighted by atomic mass is 9.98. The Hall–Kier alpha value is -3.34. The summed E-state index contributed by atoms with van der Waals surface area (Å²) >= 11 is 0. The zero-order valence-corrected chi connectivity index (χ0v) is 23.4. The zero-order chi connectivity index (χ0) is 28.2. The van der Waals surface area contributed by atoms with Gasteiger partial charge < -0.3 is 34.3 Å². The molecule has 2 N–H and O–H groups in total. The second-order valence-electron chi connectivity index (χ2n) is 11.1. The number of rotatable bonds is 8. The summed E-state index contributed by atoms with van der Waals surface area (Å²) < 4.78 is 23.0. The number of benzene rings is 2. The van der Waals surface area contributed by atoms with Crippen LogP contribution in [-0.4, -0.2) is 85.6 Å². The van der Waals surface area contributed by atoms with Crippen LogP contribution in [0, 0.1) is 11.8 Å². The second kappa shape index (κ2) is 12.4. The van der Waals surface area contributed by atoms with Gasteiger partial charge in [0.15, 0.2) is 17.2 Å². The third kappa shape index (κ3) is 6.19. The van der Waals surface area contributed by atoms with Crippen molar-refractivity contribution in [3.8, 4) is 17.2 Å². The number of aliphatic hydroxyl groups is 1. The number of ether oxygens (including phenoxy) is 4. The zero-order valence-electron chi connectivity index (χ0n) is 23.4. The van der Waals surface area contributed by atoms with E-state index in [4.69, 9.17) is 18.9 Å². The smallest absolute Gasteiger partial charge is 0.258 e. The van der Waals surface area contributed by atoms with Crippen molar-refractivity contribution in [3.05, 3.63) is 47.5 Å². The van der Waals surface area contributed by atoms with E-state index in [9.17, 15) is 14.7 Å². The molecule has 1 saturated heterocycles. The van der Waals surface area contributed by atoms with E-state index in [2.05, 4.69) is 17.1 Å². The Labute approximate surface area is 235 Å². The van der Waals surface area contributed by atoms with Crippen molar-refractivity contribution in [1.29, 1.82) is 0 Å². The van der Waals surface area contributed by atoms with Crippen LogP contribution in [0.5, 0.6) is 17.2 Å². The lowest BCUT2D eigenvalue weighted by molar-refractivity contribution is -0.122. The Morgan fingerprint density at radius 3 is 2.73 bits per heavy atom. The lowest BCUT2D eigenvalue weighted by Crippen LogP contribution is -2.49. The van der Waals surface area contributed by atoms with Crippen molar-refractivity contribution in [2.75, 3.05) is 52.1 Å². The number of amides is 2. The van der Waals surface area contributed by atoms with E-state index in [0.717, 1.165) is 17.1 Å². The van der Waals surface area contributed by atoms with Gasteiger partial charge in [0.2, 0.25) is 12.7 Å². The Morgan fingerprint density at radius 1 is 1.18 bits per heavy atom. The molecule has 1 fully saturated rings. The third-order valence-corrected chi connectivity index (χ3v) is 7.92. The van der Waals surface area contributed by atoms with Gasteiger partial charge in [0.1, 0.15) is 6.10 Å². The number of nitrogens with zero attached hydrogens (tertiary/aromatic N) is 2. The van der Waals surface area contributed by atoms with Gasteiger partial charge in [-0.05, 0) is 56.6 Å². The molecule has 0 aliphatic carbocycles. The van der Waals surface area contributed by atoms with Crippen LogP contribution in [0.25, 0.3) is 0 Å². The highest BCUT2D eigenvalue weighted by atomic mass is 16.7. The van der Waals surface area contributed by atoms with Crippen molar-refractivity contribution in [3.63, 3.8) is 0 Å².